The van der Waals surface area contributed by atoms with E-state index in [9.17, 15) is 0 Å². The van der Waals surface area contributed by atoms with Gasteiger partial charge in [-0.15, -0.1) is 0 Å². The highest BCUT2D eigenvalue weighted by Gasteiger charge is 2.23. The number of nitriles is 1. The van der Waals surface area contributed by atoms with Crippen LogP contribution < -0.4 is 11.1 Å². The zero-order chi connectivity index (χ0) is 13.8. The molecule has 0 fully saturated rings. The fourth-order valence-corrected chi connectivity index (χ4v) is 2.30. The van der Waals surface area contributed by atoms with E-state index in [2.05, 4.69) is 32.2 Å². The summed E-state index contributed by atoms with van der Waals surface area (Å²) in [4.78, 5) is 0. The van der Waals surface area contributed by atoms with Crippen molar-refractivity contribution in [2.45, 2.75) is 39.7 Å². The van der Waals surface area contributed by atoms with Gasteiger partial charge in [0.05, 0.1) is 11.6 Å². The molecular formula is C15H23N3. The van der Waals surface area contributed by atoms with E-state index in [0.717, 1.165) is 23.2 Å². The lowest BCUT2D eigenvalue weighted by molar-refractivity contribution is 0.407. The summed E-state index contributed by atoms with van der Waals surface area (Å²) in [7, 11) is 0. The molecule has 0 saturated heterocycles. The highest BCUT2D eigenvalue weighted by molar-refractivity contribution is 5.53. The van der Waals surface area contributed by atoms with Gasteiger partial charge in [-0.25, -0.2) is 0 Å². The number of benzene rings is 1. The third kappa shape index (κ3) is 3.75. The molecule has 1 atom stereocenters. The Kier molecular flexibility index (Phi) is 4.75. The lowest BCUT2D eigenvalue weighted by Gasteiger charge is -2.32. The van der Waals surface area contributed by atoms with E-state index in [1.807, 2.05) is 25.1 Å². The van der Waals surface area contributed by atoms with E-state index in [0.29, 0.717) is 12.5 Å². The number of hydrogen-bond acceptors (Lipinski definition) is 3. The Morgan fingerprint density at radius 1 is 1.44 bits per heavy atom. The van der Waals surface area contributed by atoms with Crippen LogP contribution in [0.4, 0.5) is 5.69 Å². The average molecular weight is 245 g/mol. The fourth-order valence-electron chi connectivity index (χ4n) is 2.30. The number of anilines is 1. The molecule has 18 heavy (non-hydrogen) atoms. The Balaban J connectivity index is 2.89. The number of nitrogens with zero attached hydrogens (tertiary/aromatic N) is 1. The summed E-state index contributed by atoms with van der Waals surface area (Å²) >= 11 is 0. The molecule has 0 heterocycles. The first kappa shape index (κ1) is 14.5. The van der Waals surface area contributed by atoms with Crippen molar-refractivity contribution in [2.24, 2.45) is 11.7 Å². The molecule has 98 valence electrons. The van der Waals surface area contributed by atoms with E-state index >= 15 is 0 Å². The van der Waals surface area contributed by atoms with Crippen LogP contribution in [0.2, 0.25) is 0 Å². The SMILES string of the molecule is Cc1cc(NC(C)(CN)CC(C)C)ccc1C#N. The van der Waals surface area contributed by atoms with E-state index in [1.54, 1.807) is 0 Å². The first-order valence-corrected chi connectivity index (χ1v) is 6.39. The average Bonchev–Trinajstić information content (AvgIpc) is 2.28. The fraction of sp³-hybridized carbons (Fsp3) is 0.533. The smallest absolute Gasteiger partial charge is 0.0994 e. The lowest BCUT2D eigenvalue weighted by Crippen LogP contribution is -2.43. The Morgan fingerprint density at radius 2 is 2.11 bits per heavy atom. The van der Waals surface area contributed by atoms with Gasteiger partial charge in [-0.1, -0.05) is 13.8 Å². The maximum atomic E-state index is 8.92. The van der Waals surface area contributed by atoms with Crippen molar-refractivity contribution in [3.05, 3.63) is 29.3 Å². The Bertz CT molecular complexity index is 446. The van der Waals surface area contributed by atoms with Gasteiger partial charge in [-0.2, -0.15) is 5.26 Å². The van der Waals surface area contributed by atoms with Gasteiger partial charge in [0.25, 0.3) is 0 Å². The van der Waals surface area contributed by atoms with Crippen molar-refractivity contribution >= 4 is 5.69 Å². The predicted octanol–water partition coefficient (Wildman–Crippen LogP) is 3.04. The molecule has 0 bridgehead atoms. The molecule has 1 aromatic rings. The van der Waals surface area contributed by atoms with Gasteiger partial charge in [0.1, 0.15) is 0 Å². The summed E-state index contributed by atoms with van der Waals surface area (Å²) < 4.78 is 0. The third-order valence-electron chi connectivity index (χ3n) is 3.10. The number of aryl methyl sites for hydroxylation is 1. The van der Waals surface area contributed by atoms with Gasteiger partial charge < -0.3 is 11.1 Å². The maximum Gasteiger partial charge on any atom is 0.0994 e. The summed E-state index contributed by atoms with van der Waals surface area (Å²) in [5, 5.41) is 12.4. The van der Waals surface area contributed by atoms with E-state index in [1.165, 1.54) is 0 Å². The van der Waals surface area contributed by atoms with Crippen LogP contribution >= 0.6 is 0 Å². The van der Waals surface area contributed by atoms with Crippen molar-refractivity contribution in [2.75, 3.05) is 11.9 Å². The normalized spacial score (nSPS) is 14.1. The molecule has 1 rings (SSSR count). The van der Waals surface area contributed by atoms with Gasteiger partial charge in [0, 0.05) is 17.8 Å². The van der Waals surface area contributed by atoms with Crippen LogP contribution in [0.25, 0.3) is 0 Å². The van der Waals surface area contributed by atoms with Gasteiger partial charge in [-0.3, -0.25) is 0 Å². The van der Waals surface area contributed by atoms with Crippen molar-refractivity contribution in [1.82, 2.24) is 0 Å². The molecule has 0 aromatic heterocycles. The highest BCUT2D eigenvalue weighted by Crippen LogP contribution is 2.23. The summed E-state index contributed by atoms with van der Waals surface area (Å²) in [5.41, 5.74) is 8.52. The number of nitrogens with two attached hydrogens (primary N) is 1. The number of hydrogen-bond donors (Lipinski definition) is 2. The first-order valence-electron chi connectivity index (χ1n) is 6.39. The number of rotatable bonds is 5. The maximum absolute atomic E-state index is 8.92. The molecule has 3 N–H and O–H groups in total. The van der Waals surface area contributed by atoms with Crippen LogP contribution in [0.15, 0.2) is 18.2 Å². The van der Waals surface area contributed by atoms with Crippen LogP contribution in [-0.4, -0.2) is 12.1 Å². The second kappa shape index (κ2) is 5.88. The van der Waals surface area contributed by atoms with E-state index in [4.69, 9.17) is 11.0 Å². The van der Waals surface area contributed by atoms with Crippen molar-refractivity contribution in [3.63, 3.8) is 0 Å². The van der Waals surface area contributed by atoms with E-state index < -0.39 is 0 Å². The molecule has 3 heteroatoms. The van der Waals surface area contributed by atoms with Crippen LogP contribution in [0.5, 0.6) is 0 Å². The van der Waals surface area contributed by atoms with E-state index in [-0.39, 0.29) is 5.54 Å². The van der Waals surface area contributed by atoms with Crippen LogP contribution in [0.3, 0.4) is 0 Å². The van der Waals surface area contributed by atoms with Crippen molar-refractivity contribution in [1.29, 1.82) is 5.26 Å². The van der Waals surface area contributed by atoms with Gasteiger partial charge >= 0.3 is 0 Å². The minimum atomic E-state index is -0.102. The quantitative estimate of drug-likeness (QED) is 0.838. The molecule has 0 aliphatic carbocycles. The summed E-state index contributed by atoms with van der Waals surface area (Å²) in [6.45, 7) is 9.07. The first-order chi connectivity index (χ1) is 8.40. The zero-order valence-electron chi connectivity index (χ0n) is 11.7. The molecule has 0 radical (unpaired) electrons. The van der Waals surface area contributed by atoms with Gasteiger partial charge in [0.15, 0.2) is 0 Å². The summed E-state index contributed by atoms with van der Waals surface area (Å²) in [6, 6.07) is 7.98. The standard InChI is InChI=1S/C15H23N3/c1-11(2)8-15(4,10-17)18-14-6-5-13(9-16)12(3)7-14/h5-7,11,18H,8,10,17H2,1-4H3. The topological polar surface area (TPSA) is 61.8 Å². The third-order valence-corrected chi connectivity index (χ3v) is 3.10. The highest BCUT2D eigenvalue weighted by atomic mass is 15.0. The molecule has 0 saturated carbocycles. The largest absolute Gasteiger partial charge is 0.379 e. The Labute approximate surface area is 110 Å². The van der Waals surface area contributed by atoms with Gasteiger partial charge in [-0.05, 0) is 49.9 Å². The molecule has 0 aliphatic heterocycles. The van der Waals surface area contributed by atoms with Crippen LogP contribution in [0, 0.1) is 24.2 Å². The minimum absolute atomic E-state index is 0.102. The Hall–Kier alpha value is -1.53. The Morgan fingerprint density at radius 3 is 2.56 bits per heavy atom. The predicted molar refractivity (Wildman–Crippen MR) is 76.4 cm³/mol. The molecule has 1 aromatic carbocycles. The summed E-state index contributed by atoms with van der Waals surface area (Å²) in [6.07, 6.45) is 1.02. The monoisotopic (exact) mass is 245 g/mol. The second-order valence-electron chi connectivity index (χ2n) is 5.63. The lowest BCUT2D eigenvalue weighted by atomic mass is 9.90. The van der Waals surface area contributed by atoms with Crippen LogP contribution in [0.1, 0.15) is 38.3 Å². The van der Waals surface area contributed by atoms with Crippen LogP contribution in [-0.2, 0) is 0 Å². The minimum Gasteiger partial charge on any atom is -0.379 e. The molecule has 0 spiro atoms. The molecule has 0 amide bonds. The summed E-state index contributed by atoms with van der Waals surface area (Å²) in [5.74, 6) is 0.588. The molecule has 1 unspecified atom stereocenters. The molecular weight excluding hydrogens is 222 g/mol. The van der Waals surface area contributed by atoms with Crippen molar-refractivity contribution in [3.8, 4) is 6.07 Å². The molecule has 3 nitrogen and oxygen atoms in total. The zero-order valence-corrected chi connectivity index (χ0v) is 11.7. The van der Waals surface area contributed by atoms with Crippen molar-refractivity contribution < 1.29 is 0 Å². The van der Waals surface area contributed by atoms with Gasteiger partial charge in [0.2, 0.25) is 0 Å². The number of nitrogens with one attached hydrogen (secondary N) is 1. The molecule has 0 aliphatic rings. The second-order valence-corrected chi connectivity index (χ2v) is 5.63.